The van der Waals surface area contributed by atoms with Crippen molar-refractivity contribution >= 4 is 0 Å². The predicted molar refractivity (Wildman–Crippen MR) is 99.7 cm³/mol. The Morgan fingerprint density at radius 2 is 2.20 bits per heavy atom. The normalized spacial score (nSPS) is 29.4. The van der Waals surface area contributed by atoms with E-state index in [4.69, 9.17) is 4.74 Å². The number of hydrogen-bond acceptors (Lipinski definition) is 3. The van der Waals surface area contributed by atoms with Gasteiger partial charge in [0.15, 0.2) is 0 Å². The number of hydrogen-bond donors (Lipinski definition) is 1. The molecule has 1 aromatic carbocycles. The van der Waals surface area contributed by atoms with Gasteiger partial charge in [0, 0.05) is 37.6 Å². The van der Waals surface area contributed by atoms with E-state index in [1.54, 1.807) is 0 Å². The van der Waals surface area contributed by atoms with E-state index in [2.05, 4.69) is 59.2 Å². The van der Waals surface area contributed by atoms with Gasteiger partial charge in [-0.05, 0) is 51.0 Å². The lowest BCUT2D eigenvalue weighted by Gasteiger charge is -2.42. The van der Waals surface area contributed by atoms with Crippen LogP contribution in [0.5, 0.6) is 0 Å². The van der Waals surface area contributed by atoms with Crippen LogP contribution in [0.2, 0.25) is 0 Å². The quantitative estimate of drug-likeness (QED) is 0.896. The molecule has 0 spiro atoms. The van der Waals surface area contributed by atoms with Gasteiger partial charge < -0.3 is 14.6 Å². The standard InChI is InChI=1S/C21H29N3O/c1-3-24-10-9-22-21(24)20-19(8-5-11-25-20)23-18-13-17(14-18)16-7-4-6-15(2)12-16/h4,6-7,9-10,12,17-20,23H,3,5,8,11,13-14H2,1-2H3/t17?,18?,19-,20-/m0/s1. The zero-order valence-corrected chi connectivity index (χ0v) is 15.3. The molecule has 4 nitrogen and oxygen atoms in total. The van der Waals surface area contributed by atoms with Crippen molar-refractivity contribution in [2.24, 2.45) is 0 Å². The Bertz CT molecular complexity index is 705. The van der Waals surface area contributed by atoms with Crippen LogP contribution < -0.4 is 5.32 Å². The summed E-state index contributed by atoms with van der Waals surface area (Å²) >= 11 is 0. The Hall–Kier alpha value is -1.65. The molecule has 1 saturated carbocycles. The molecule has 25 heavy (non-hydrogen) atoms. The van der Waals surface area contributed by atoms with Gasteiger partial charge in [-0.25, -0.2) is 4.98 Å². The van der Waals surface area contributed by atoms with Gasteiger partial charge in [0.05, 0.1) is 0 Å². The van der Waals surface area contributed by atoms with E-state index >= 15 is 0 Å². The first-order valence-electron chi connectivity index (χ1n) is 9.70. The lowest BCUT2D eigenvalue weighted by Crippen LogP contribution is -2.50. The van der Waals surface area contributed by atoms with Crippen molar-refractivity contribution in [1.29, 1.82) is 0 Å². The third kappa shape index (κ3) is 3.51. The highest BCUT2D eigenvalue weighted by molar-refractivity contribution is 5.27. The van der Waals surface area contributed by atoms with E-state index < -0.39 is 0 Å². The average Bonchev–Trinajstić information content (AvgIpc) is 3.06. The van der Waals surface area contributed by atoms with Gasteiger partial charge >= 0.3 is 0 Å². The summed E-state index contributed by atoms with van der Waals surface area (Å²) < 4.78 is 8.34. The van der Waals surface area contributed by atoms with E-state index in [0.717, 1.165) is 25.4 Å². The minimum Gasteiger partial charge on any atom is -0.369 e. The van der Waals surface area contributed by atoms with Crippen LogP contribution in [0.4, 0.5) is 0 Å². The van der Waals surface area contributed by atoms with Crippen LogP contribution in [-0.2, 0) is 11.3 Å². The molecule has 4 rings (SSSR count). The smallest absolute Gasteiger partial charge is 0.139 e. The second-order valence-electron chi connectivity index (χ2n) is 7.56. The summed E-state index contributed by atoms with van der Waals surface area (Å²) in [5.74, 6) is 1.78. The number of nitrogens with zero attached hydrogens (tertiary/aromatic N) is 2. The number of imidazole rings is 1. The highest BCUT2D eigenvalue weighted by Gasteiger charge is 2.36. The molecule has 2 aromatic rings. The van der Waals surface area contributed by atoms with Gasteiger partial charge in [0.1, 0.15) is 11.9 Å². The Labute approximate surface area is 150 Å². The SMILES string of the molecule is CCn1ccnc1[C@H]1OCCC[C@@H]1NC1CC(c2cccc(C)c2)C1. The van der Waals surface area contributed by atoms with E-state index in [1.807, 2.05) is 6.20 Å². The molecule has 0 bridgehead atoms. The molecule has 2 heterocycles. The molecule has 2 aliphatic rings. The van der Waals surface area contributed by atoms with E-state index in [-0.39, 0.29) is 6.10 Å². The summed E-state index contributed by atoms with van der Waals surface area (Å²) in [5.41, 5.74) is 2.86. The number of ether oxygens (including phenoxy) is 1. The van der Waals surface area contributed by atoms with Crippen LogP contribution in [0.25, 0.3) is 0 Å². The maximum atomic E-state index is 6.13. The fourth-order valence-electron chi connectivity index (χ4n) is 4.30. The molecule has 1 saturated heterocycles. The summed E-state index contributed by atoms with van der Waals surface area (Å²) in [6, 6.07) is 9.96. The number of benzene rings is 1. The fraction of sp³-hybridized carbons (Fsp3) is 0.571. The molecule has 0 unspecified atom stereocenters. The molecule has 134 valence electrons. The van der Waals surface area contributed by atoms with Gasteiger partial charge in [-0.15, -0.1) is 0 Å². The molecule has 4 heteroatoms. The van der Waals surface area contributed by atoms with Crippen LogP contribution in [0, 0.1) is 6.92 Å². The van der Waals surface area contributed by atoms with E-state index in [9.17, 15) is 0 Å². The highest BCUT2D eigenvalue weighted by Crippen LogP contribution is 2.39. The predicted octanol–water partition coefficient (Wildman–Crippen LogP) is 3.97. The number of rotatable bonds is 5. The van der Waals surface area contributed by atoms with Crippen LogP contribution in [-0.4, -0.2) is 28.2 Å². The second kappa shape index (κ2) is 7.30. The van der Waals surface area contributed by atoms with E-state index in [0.29, 0.717) is 18.0 Å². The van der Waals surface area contributed by atoms with Gasteiger partial charge in [-0.2, -0.15) is 0 Å². The summed E-state index contributed by atoms with van der Waals surface area (Å²) in [5, 5.41) is 3.88. The number of aromatic nitrogens is 2. The van der Waals surface area contributed by atoms with Crippen molar-refractivity contribution in [2.75, 3.05) is 6.61 Å². The van der Waals surface area contributed by atoms with Crippen molar-refractivity contribution in [3.63, 3.8) is 0 Å². The summed E-state index contributed by atoms with van der Waals surface area (Å²) in [6.45, 7) is 6.13. The summed E-state index contributed by atoms with van der Waals surface area (Å²) in [7, 11) is 0. The van der Waals surface area contributed by atoms with Gasteiger partial charge in [-0.3, -0.25) is 0 Å². The van der Waals surface area contributed by atoms with Crippen molar-refractivity contribution in [1.82, 2.24) is 14.9 Å². The minimum atomic E-state index is 0.0849. The maximum absolute atomic E-state index is 6.13. The zero-order chi connectivity index (χ0) is 17.2. The average molecular weight is 339 g/mol. The fourth-order valence-corrected chi connectivity index (χ4v) is 4.30. The van der Waals surface area contributed by atoms with Crippen molar-refractivity contribution in [3.8, 4) is 0 Å². The molecular weight excluding hydrogens is 310 g/mol. The summed E-state index contributed by atoms with van der Waals surface area (Å²) in [4.78, 5) is 4.58. The van der Waals surface area contributed by atoms with Crippen LogP contribution in [0.15, 0.2) is 36.7 Å². The van der Waals surface area contributed by atoms with Crippen LogP contribution in [0.1, 0.15) is 61.6 Å². The van der Waals surface area contributed by atoms with E-state index in [1.165, 1.54) is 30.4 Å². The second-order valence-corrected chi connectivity index (χ2v) is 7.56. The monoisotopic (exact) mass is 339 g/mol. The van der Waals surface area contributed by atoms with Crippen LogP contribution >= 0.6 is 0 Å². The van der Waals surface area contributed by atoms with Crippen molar-refractivity contribution < 1.29 is 4.74 Å². The Kier molecular flexibility index (Phi) is 4.91. The third-order valence-corrected chi connectivity index (χ3v) is 5.77. The molecule has 0 radical (unpaired) electrons. The number of aryl methyl sites for hydroxylation is 2. The lowest BCUT2D eigenvalue weighted by molar-refractivity contribution is -0.0243. The molecule has 2 fully saturated rings. The Morgan fingerprint density at radius 3 is 3.00 bits per heavy atom. The Balaban J connectivity index is 1.38. The first-order valence-corrected chi connectivity index (χ1v) is 9.70. The highest BCUT2D eigenvalue weighted by atomic mass is 16.5. The molecule has 2 atom stereocenters. The van der Waals surface area contributed by atoms with Gasteiger partial charge in [0.25, 0.3) is 0 Å². The topological polar surface area (TPSA) is 39.1 Å². The van der Waals surface area contributed by atoms with Gasteiger partial charge in [0.2, 0.25) is 0 Å². The molecule has 0 amide bonds. The largest absolute Gasteiger partial charge is 0.369 e. The van der Waals surface area contributed by atoms with Crippen molar-refractivity contribution in [3.05, 3.63) is 53.6 Å². The zero-order valence-electron chi connectivity index (χ0n) is 15.3. The minimum absolute atomic E-state index is 0.0849. The Morgan fingerprint density at radius 1 is 1.32 bits per heavy atom. The number of nitrogens with one attached hydrogen (secondary N) is 1. The summed E-state index contributed by atoms with van der Waals surface area (Å²) in [6.07, 6.45) is 8.81. The van der Waals surface area contributed by atoms with Crippen molar-refractivity contribution in [2.45, 2.75) is 70.2 Å². The van der Waals surface area contributed by atoms with Crippen LogP contribution in [0.3, 0.4) is 0 Å². The maximum Gasteiger partial charge on any atom is 0.139 e. The first kappa shape index (κ1) is 16.8. The third-order valence-electron chi connectivity index (χ3n) is 5.77. The molecule has 1 aliphatic heterocycles. The lowest BCUT2D eigenvalue weighted by atomic mass is 9.75. The molecule has 1 aliphatic carbocycles. The first-order chi connectivity index (χ1) is 12.2. The molecular formula is C21H29N3O. The van der Waals surface area contributed by atoms with Gasteiger partial charge in [-0.1, -0.05) is 29.8 Å². The molecule has 1 aromatic heterocycles. The molecule has 1 N–H and O–H groups in total.